The van der Waals surface area contributed by atoms with Gasteiger partial charge in [-0.1, -0.05) is 0 Å². The van der Waals surface area contributed by atoms with Crippen molar-refractivity contribution in [3.63, 3.8) is 0 Å². The van der Waals surface area contributed by atoms with Gasteiger partial charge in [0.1, 0.15) is 11.4 Å². The van der Waals surface area contributed by atoms with Crippen LogP contribution in [0.1, 0.15) is 11.1 Å². The topological polar surface area (TPSA) is 91.5 Å². The maximum Gasteiger partial charge on any atom is 0.421 e. The van der Waals surface area contributed by atoms with Gasteiger partial charge in [-0.05, 0) is 17.7 Å². The van der Waals surface area contributed by atoms with E-state index in [4.69, 9.17) is 5.26 Å². The lowest BCUT2D eigenvalue weighted by molar-refractivity contribution is -0.137. The van der Waals surface area contributed by atoms with Crippen LogP contribution in [0.3, 0.4) is 0 Å². The lowest BCUT2D eigenvalue weighted by atomic mass is 10.1. The minimum absolute atomic E-state index is 0.00149. The number of nitrogens with one attached hydrogen (secondary N) is 2. The zero-order chi connectivity index (χ0) is 18.9. The second kappa shape index (κ2) is 6.51. The molecule has 0 fully saturated rings. The number of anilines is 3. The number of rotatable bonds is 4. The Morgan fingerprint density at radius 3 is 2.69 bits per heavy atom. The molecular weight excluding hydrogens is 347 g/mol. The standard InChI is InChI=1S/C16H14F3N7/c1-21-14-11(16(17,18)19)8-22-15(25-14)24-12-5-9(3-4-20)6-13-10(12)7-23-26(13)2/h5-8H,3H2,1-2H3,(H2,21,22,24,25). The van der Waals surface area contributed by atoms with Gasteiger partial charge in [-0.2, -0.15) is 28.5 Å². The minimum atomic E-state index is -4.56. The first kappa shape index (κ1) is 17.5. The molecule has 2 aromatic heterocycles. The molecule has 1 aromatic carbocycles. The Hall–Kier alpha value is -3.35. The van der Waals surface area contributed by atoms with E-state index in [2.05, 4.69) is 31.8 Å². The Bertz CT molecular complexity index is 1000. The van der Waals surface area contributed by atoms with Gasteiger partial charge in [-0.3, -0.25) is 4.68 Å². The third-order valence-electron chi connectivity index (χ3n) is 3.79. The largest absolute Gasteiger partial charge is 0.421 e. The van der Waals surface area contributed by atoms with Crippen molar-refractivity contribution in [2.45, 2.75) is 12.6 Å². The van der Waals surface area contributed by atoms with Crippen molar-refractivity contribution in [3.05, 3.63) is 35.7 Å². The summed E-state index contributed by atoms with van der Waals surface area (Å²) in [5, 5.41) is 19.2. The molecule has 0 amide bonds. The van der Waals surface area contributed by atoms with Gasteiger partial charge in [0, 0.05) is 25.7 Å². The van der Waals surface area contributed by atoms with E-state index in [1.165, 1.54) is 7.05 Å². The van der Waals surface area contributed by atoms with Gasteiger partial charge in [-0.25, -0.2) is 4.98 Å². The van der Waals surface area contributed by atoms with Crippen molar-refractivity contribution in [2.24, 2.45) is 7.05 Å². The van der Waals surface area contributed by atoms with E-state index in [1.54, 1.807) is 24.0 Å². The van der Waals surface area contributed by atoms with Crippen molar-refractivity contribution in [3.8, 4) is 6.07 Å². The van der Waals surface area contributed by atoms with E-state index >= 15 is 0 Å². The molecule has 0 radical (unpaired) electrons. The van der Waals surface area contributed by atoms with Crippen LogP contribution in [0.25, 0.3) is 10.9 Å². The summed E-state index contributed by atoms with van der Waals surface area (Å²) in [6.07, 6.45) is -2.02. The summed E-state index contributed by atoms with van der Waals surface area (Å²) in [4.78, 5) is 7.66. The number of fused-ring (bicyclic) bond motifs is 1. The summed E-state index contributed by atoms with van der Waals surface area (Å²) in [5.41, 5.74) is 1.13. The summed E-state index contributed by atoms with van der Waals surface area (Å²) in [5.74, 6) is -0.327. The van der Waals surface area contributed by atoms with Crippen LogP contribution >= 0.6 is 0 Å². The van der Waals surface area contributed by atoms with Gasteiger partial charge >= 0.3 is 6.18 Å². The summed E-state index contributed by atoms with van der Waals surface area (Å²) in [7, 11) is 3.12. The van der Waals surface area contributed by atoms with Crippen molar-refractivity contribution in [2.75, 3.05) is 17.7 Å². The van der Waals surface area contributed by atoms with Crippen molar-refractivity contribution in [1.82, 2.24) is 19.7 Å². The van der Waals surface area contributed by atoms with Crippen LogP contribution in [0.5, 0.6) is 0 Å². The predicted octanol–water partition coefficient (Wildman–Crippen LogP) is 3.23. The number of aryl methyl sites for hydroxylation is 1. The normalized spacial score (nSPS) is 11.4. The molecule has 3 aromatic rings. The minimum Gasteiger partial charge on any atom is -0.372 e. The molecule has 7 nitrogen and oxygen atoms in total. The van der Waals surface area contributed by atoms with E-state index in [1.807, 2.05) is 6.07 Å². The van der Waals surface area contributed by atoms with Crippen molar-refractivity contribution in [1.29, 1.82) is 5.26 Å². The fourth-order valence-electron chi connectivity index (χ4n) is 2.56. The monoisotopic (exact) mass is 361 g/mol. The molecule has 2 N–H and O–H groups in total. The number of alkyl halides is 3. The molecule has 0 aliphatic carbocycles. The van der Waals surface area contributed by atoms with Crippen LogP contribution < -0.4 is 10.6 Å². The predicted molar refractivity (Wildman–Crippen MR) is 89.9 cm³/mol. The maximum atomic E-state index is 13.0. The highest BCUT2D eigenvalue weighted by atomic mass is 19.4. The van der Waals surface area contributed by atoms with Gasteiger partial charge in [0.2, 0.25) is 5.95 Å². The Balaban J connectivity index is 2.05. The van der Waals surface area contributed by atoms with Crippen LogP contribution in [-0.4, -0.2) is 26.8 Å². The molecule has 0 saturated carbocycles. The molecule has 2 heterocycles. The van der Waals surface area contributed by atoms with E-state index in [0.29, 0.717) is 5.69 Å². The number of halogens is 3. The quantitative estimate of drug-likeness (QED) is 0.741. The Morgan fingerprint density at radius 2 is 2.04 bits per heavy atom. The number of hydrogen-bond donors (Lipinski definition) is 2. The summed E-state index contributed by atoms with van der Waals surface area (Å²) in [6.45, 7) is 0. The number of aromatic nitrogens is 4. The van der Waals surface area contributed by atoms with Crippen molar-refractivity contribution >= 4 is 28.4 Å². The Morgan fingerprint density at radius 1 is 1.27 bits per heavy atom. The van der Waals surface area contributed by atoms with Gasteiger partial charge < -0.3 is 10.6 Å². The number of nitriles is 1. The molecule has 0 spiro atoms. The molecule has 0 atom stereocenters. The average molecular weight is 361 g/mol. The van der Waals surface area contributed by atoms with Crippen LogP contribution in [-0.2, 0) is 19.6 Å². The number of benzene rings is 1. The molecule has 0 unspecified atom stereocenters. The Kier molecular flexibility index (Phi) is 4.38. The van der Waals surface area contributed by atoms with Crippen molar-refractivity contribution < 1.29 is 13.2 Å². The van der Waals surface area contributed by atoms with Gasteiger partial charge in [0.25, 0.3) is 0 Å². The van der Waals surface area contributed by atoms with Crippen LogP contribution in [0.15, 0.2) is 24.5 Å². The van der Waals surface area contributed by atoms with Crippen LogP contribution in [0, 0.1) is 11.3 Å². The zero-order valence-electron chi connectivity index (χ0n) is 13.9. The highest BCUT2D eigenvalue weighted by molar-refractivity contribution is 5.93. The SMILES string of the molecule is CNc1nc(Nc2cc(CC#N)cc3c2cnn3C)ncc1C(F)(F)F. The molecule has 0 aliphatic rings. The molecular formula is C16H14F3N7. The first-order valence-electron chi connectivity index (χ1n) is 7.54. The maximum absolute atomic E-state index is 13.0. The van der Waals surface area contributed by atoms with Crippen LogP contribution in [0.4, 0.5) is 30.6 Å². The lowest BCUT2D eigenvalue weighted by Crippen LogP contribution is -2.12. The van der Waals surface area contributed by atoms with E-state index < -0.39 is 11.7 Å². The lowest BCUT2D eigenvalue weighted by Gasteiger charge is -2.13. The van der Waals surface area contributed by atoms with Gasteiger partial charge in [-0.15, -0.1) is 0 Å². The molecule has 26 heavy (non-hydrogen) atoms. The van der Waals surface area contributed by atoms with Crippen LogP contribution in [0.2, 0.25) is 0 Å². The van der Waals surface area contributed by atoms with E-state index in [0.717, 1.165) is 22.7 Å². The van der Waals surface area contributed by atoms with E-state index in [9.17, 15) is 13.2 Å². The first-order valence-corrected chi connectivity index (χ1v) is 7.54. The third-order valence-corrected chi connectivity index (χ3v) is 3.79. The van der Waals surface area contributed by atoms with Gasteiger partial charge in [0.05, 0.1) is 29.9 Å². The Labute approximate surface area is 146 Å². The molecule has 3 rings (SSSR count). The smallest absolute Gasteiger partial charge is 0.372 e. The number of hydrogen-bond acceptors (Lipinski definition) is 6. The second-order valence-electron chi connectivity index (χ2n) is 5.51. The third kappa shape index (κ3) is 3.23. The molecule has 0 saturated heterocycles. The fourth-order valence-corrected chi connectivity index (χ4v) is 2.56. The second-order valence-corrected chi connectivity index (χ2v) is 5.51. The molecule has 0 aliphatic heterocycles. The zero-order valence-corrected chi connectivity index (χ0v) is 13.9. The number of nitrogens with zero attached hydrogens (tertiary/aromatic N) is 5. The molecule has 10 heteroatoms. The highest BCUT2D eigenvalue weighted by Gasteiger charge is 2.35. The van der Waals surface area contributed by atoms with E-state index in [-0.39, 0.29) is 18.2 Å². The summed E-state index contributed by atoms with van der Waals surface area (Å²) >= 11 is 0. The highest BCUT2D eigenvalue weighted by Crippen LogP contribution is 2.34. The fraction of sp³-hybridized carbons (Fsp3) is 0.250. The first-order chi connectivity index (χ1) is 12.3. The summed E-state index contributed by atoms with van der Waals surface area (Å²) in [6, 6.07) is 5.64. The molecule has 0 bridgehead atoms. The molecule has 134 valence electrons. The average Bonchev–Trinajstić information content (AvgIpc) is 2.95. The van der Waals surface area contributed by atoms with Gasteiger partial charge in [0.15, 0.2) is 0 Å². The summed E-state index contributed by atoms with van der Waals surface area (Å²) < 4.78 is 40.5.